The molecule has 0 rings (SSSR count). The Balaban J connectivity index is 3.20. The van der Waals surface area contributed by atoms with E-state index in [-0.39, 0.29) is 0 Å². The zero-order chi connectivity index (χ0) is 4.99. The Morgan fingerprint density at radius 3 is 2.00 bits per heavy atom. The molecule has 0 amide bonds. The molecule has 0 atom stereocenters. The fraction of sp³-hybridized carbons (Fsp3) is 0.600. The highest BCUT2D eigenvalue weighted by Crippen LogP contribution is 1.82. The lowest BCUT2D eigenvalue weighted by molar-refractivity contribution is 0.866. The summed E-state index contributed by atoms with van der Waals surface area (Å²) < 4.78 is 0. The smallest absolute Gasteiger partial charge is 0.0164 e. The Morgan fingerprint density at radius 1 is 1.50 bits per heavy atom. The van der Waals surface area contributed by atoms with Crippen LogP contribution in [-0.2, 0) is 0 Å². The van der Waals surface area contributed by atoms with E-state index in [9.17, 15) is 0 Å². The van der Waals surface area contributed by atoms with Crippen LogP contribution >= 0.6 is 0 Å². The molecule has 0 aliphatic carbocycles. The Hall–Kier alpha value is -0.640. The quantitative estimate of drug-likeness (QED) is 0.336. The standard InChI is InChI=1S/C5H9N/c1-5(2)3-4-6/h5H,6H2,1-2H3. The van der Waals surface area contributed by atoms with Gasteiger partial charge in [-0.2, -0.15) is 0 Å². The average Bonchev–Trinajstić information content (AvgIpc) is 1.35. The molecule has 2 N–H and O–H groups in total. The van der Waals surface area contributed by atoms with Gasteiger partial charge >= 0.3 is 0 Å². The zero-order valence-corrected chi connectivity index (χ0v) is 4.15. The molecule has 1 heteroatoms. The van der Waals surface area contributed by atoms with Crippen LogP contribution in [0.25, 0.3) is 0 Å². The summed E-state index contributed by atoms with van der Waals surface area (Å²) in [5, 5.41) is 0. The first kappa shape index (κ1) is 5.36. The van der Waals surface area contributed by atoms with Crippen LogP contribution in [0.2, 0.25) is 0 Å². The predicted octanol–water partition coefficient (Wildman–Crippen LogP) is 0.562. The van der Waals surface area contributed by atoms with Gasteiger partial charge in [-0.3, -0.25) is 0 Å². The molecule has 0 aromatic carbocycles. The molecule has 0 aromatic heterocycles. The fourth-order valence-corrected chi connectivity index (χ4v) is 0.167. The molecule has 6 heavy (non-hydrogen) atoms. The van der Waals surface area contributed by atoms with Gasteiger partial charge in [0, 0.05) is 12.0 Å². The molecule has 0 radical (unpaired) electrons. The lowest BCUT2D eigenvalue weighted by Gasteiger charge is -1.81. The van der Waals surface area contributed by atoms with Crippen LogP contribution in [0.4, 0.5) is 0 Å². The highest BCUT2D eigenvalue weighted by atomic mass is 14.5. The third kappa shape index (κ3) is 3.36. The van der Waals surface area contributed by atoms with Crippen LogP contribution < -0.4 is 5.73 Å². The van der Waals surface area contributed by atoms with Gasteiger partial charge in [0.05, 0.1) is 0 Å². The second-order valence-corrected chi connectivity index (χ2v) is 1.44. The van der Waals surface area contributed by atoms with Crippen molar-refractivity contribution in [2.24, 2.45) is 11.7 Å². The molecule has 0 aliphatic rings. The molecular weight excluding hydrogens is 74.1 g/mol. The number of rotatable bonds is 0. The van der Waals surface area contributed by atoms with E-state index in [1.54, 1.807) is 0 Å². The minimum Gasteiger partial charge on any atom is -0.359 e. The molecule has 0 aliphatic heterocycles. The Morgan fingerprint density at radius 2 is 2.00 bits per heavy atom. The van der Waals surface area contributed by atoms with Gasteiger partial charge in [0.2, 0.25) is 0 Å². The Kier molecular flexibility index (Phi) is 2.31. The van der Waals surface area contributed by atoms with E-state index in [1.807, 2.05) is 13.8 Å². The maximum absolute atomic E-state index is 4.87. The van der Waals surface area contributed by atoms with Crippen molar-refractivity contribution in [2.45, 2.75) is 13.8 Å². The highest BCUT2D eigenvalue weighted by Gasteiger charge is 1.76. The normalized spacial score (nSPS) is 7.17. The second kappa shape index (κ2) is 2.59. The van der Waals surface area contributed by atoms with E-state index in [4.69, 9.17) is 5.73 Å². The van der Waals surface area contributed by atoms with E-state index in [0.717, 1.165) is 0 Å². The van der Waals surface area contributed by atoms with Crippen LogP contribution in [0, 0.1) is 17.9 Å². The van der Waals surface area contributed by atoms with Gasteiger partial charge < -0.3 is 5.73 Å². The largest absolute Gasteiger partial charge is 0.359 e. The molecule has 0 saturated carbocycles. The summed E-state index contributed by atoms with van der Waals surface area (Å²) >= 11 is 0. The molecule has 0 bridgehead atoms. The van der Waals surface area contributed by atoms with Gasteiger partial charge in [-0.1, -0.05) is 19.8 Å². The third-order valence-electron chi connectivity index (χ3n) is 0.372. The van der Waals surface area contributed by atoms with Crippen LogP contribution in [0.1, 0.15) is 13.8 Å². The lowest BCUT2D eigenvalue weighted by Crippen LogP contribution is -1.82. The van der Waals surface area contributed by atoms with Crippen LogP contribution in [0.5, 0.6) is 0 Å². The number of hydrogen-bond acceptors (Lipinski definition) is 1. The summed E-state index contributed by atoms with van der Waals surface area (Å²) in [6.07, 6.45) is 0. The van der Waals surface area contributed by atoms with Crippen molar-refractivity contribution in [1.29, 1.82) is 0 Å². The first-order valence-corrected chi connectivity index (χ1v) is 1.98. The molecule has 0 unspecified atom stereocenters. The van der Waals surface area contributed by atoms with Gasteiger partial charge in [0.25, 0.3) is 0 Å². The van der Waals surface area contributed by atoms with Crippen LogP contribution in [-0.4, -0.2) is 0 Å². The lowest BCUT2D eigenvalue weighted by atomic mass is 10.2. The molecular formula is C5H9N. The van der Waals surface area contributed by atoms with Crippen molar-refractivity contribution in [3.63, 3.8) is 0 Å². The van der Waals surface area contributed by atoms with Gasteiger partial charge in [0.1, 0.15) is 0 Å². The summed E-state index contributed by atoms with van der Waals surface area (Å²) in [5.41, 5.74) is 4.87. The topological polar surface area (TPSA) is 26.0 Å². The van der Waals surface area contributed by atoms with Gasteiger partial charge in [-0.25, -0.2) is 0 Å². The van der Waals surface area contributed by atoms with Crippen molar-refractivity contribution in [2.75, 3.05) is 0 Å². The zero-order valence-electron chi connectivity index (χ0n) is 4.15. The predicted molar refractivity (Wildman–Crippen MR) is 26.8 cm³/mol. The Labute approximate surface area is 38.5 Å². The monoisotopic (exact) mass is 83.1 g/mol. The summed E-state index contributed by atoms with van der Waals surface area (Å²) in [7, 11) is 0. The summed E-state index contributed by atoms with van der Waals surface area (Å²) in [6.45, 7) is 4.00. The number of nitrogens with two attached hydrogens (primary N) is 1. The van der Waals surface area contributed by atoms with E-state index in [2.05, 4.69) is 12.0 Å². The van der Waals surface area contributed by atoms with Crippen LogP contribution in [0.15, 0.2) is 0 Å². The SMILES string of the molecule is CC(C)C#CN. The molecule has 0 saturated heterocycles. The van der Waals surface area contributed by atoms with Crippen molar-refractivity contribution in [3.8, 4) is 12.0 Å². The summed E-state index contributed by atoms with van der Waals surface area (Å²) in [5.74, 6) is 3.15. The van der Waals surface area contributed by atoms with Crippen molar-refractivity contribution in [1.82, 2.24) is 0 Å². The van der Waals surface area contributed by atoms with Crippen LogP contribution in [0.3, 0.4) is 0 Å². The molecule has 0 spiro atoms. The van der Waals surface area contributed by atoms with Crippen molar-refractivity contribution < 1.29 is 0 Å². The first-order chi connectivity index (χ1) is 2.77. The third-order valence-corrected chi connectivity index (χ3v) is 0.372. The molecule has 34 valence electrons. The summed E-state index contributed by atoms with van der Waals surface area (Å²) in [6, 6.07) is 2.32. The summed E-state index contributed by atoms with van der Waals surface area (Å²) in [4.78, 5) is 0. The maximum Gasteiger partial charge on any atom is 0.0164 e. The first-order valence-electron chi connectivity index (χ1n) is 1.98. The van der Waals surface area contributed by atoms with Crippen molar-refractivity contribution >= 4 is 0 Å². The van der Waals surface area contributed by atoms with E-state index < -0.39 is 0 Å². The van der Waals surface area contributed by atoms with E-state index >= 15 is 0 Å². The molecule has 0 fully saturated rings. The Bertz CT molecular complexity index is 73.7. The minimum absolute atomic E-state index is 0.412. The van der Waals surface area contributed by atoms with Gasteiger partial charge in [-0.05, 0) is 0 Å². The average molecular weight is 83.1 g/mol. The molecule has 0 aromatic rings. The van der Waals surface area contributed by atoms with E-state index in [1.165, 1.54) is 0 Å². The van der Waals surface area contributed by atoms with Gasteiger partial charge in [-0.15, -0.1) is 0 Å². The van der Waals surface area contributed by atoms with E-state index in [0.29, 0.717) is 5.92 Å². The molecule has 0 heterocycles. The highest BCUT2D eigenvalue weighted by molar-refractivity contribution is 4.96. The van der Waals surface area contributed by atoms with Gasteiger partial charge in [0.15, 0.2) is 0 Å². The number of hydrogen-bond donors (Lipinski definition) is 1. The minimum atomic E-state index is 0.412. The maximum atomic E-state index is 4.87. The molecule has 1 nitrogen and oxygen atoms in total. The van der Waals surface area contributed by atoms with Crippen molar-refractivity contribution in [3.05, 3.63) is 0 Å². The second-order valence-electron chi connectivity index (χ2n) is 1.44. The fourth-order valence-electron chi connectivity index (χ4n) is 0.167.